The van der Waals surface area contributed by atoms with Gasteiger partial charge in [0.05, 0.1) is 6.10 Å². The van der Waals surface area contributed by atoms with Crippen LogP contribution in [-0.4, -0.2) is 11.1 Å². The van der Waals surface area contributed by atoms with Crippen molar-refractivity contribution in [2.24, 2.45) is 0 Å². The Balaban J connectivity index is 2.30. The van der Waals surface area contributed by atoms with Crippen LogP contribution in [0.5, 0.6) is 17.4 Å². The summed E-state index contributed by atoms with van der Waals surface area (Å²) in [5, 5.41) is 0. The van der Waals surface area contributed by atoms with Crippen LogP contribution < -0.4 is 9.47 Å². The third-order valence-corrected chi connectivity index (χ3v) is 3.97. The highest BCUT2D eigenvalue weighted by Crippen LogP contribution is 2.32. The van der Waals surface area contributed by atoms with Gasteiger partial charge in [-0.15, -0.1) is 0 Å². The molecule has 106 valence electrons. The maximum Gasteiger partial charge on any atom is 0.262 e. The molecule has 0 aliphatic heterocycles. The molecule has 0 saturated carbocycles. The van der Waals surface area contributed by atoms with Crippen molar-refractivity contribution < 1.29 is 9.47 Å². The molecule has 1 heterocycles. The van der Waals surface area contributed by atoms with Gasteiger partial charge in [-0.3, -0.25) is 0 Å². The Morgan fingerprint density at radius 1 is 1.15 bits per heavy atom. The van der Waals surface area contributed by atoms with Crippen molar-refractivity contribution in [2.75, 3.05) is 0 Å². The van der Waals surface area contributed by atoms with Crippen LogP contribution in [0.15, 0.2) is 34.9 Å². The van der Waals surface area contributed by atoms with Gasteiger partial charge in [0.15, 0.2) is 5.75 Å². The molecule has 0 spiro atoms. The van der Waals surface area contributed by atoms with Crippen molar-refractivity contribution in [3.05, 3.63) is 46.1 Å². The molecule has 1 aromatic heterocycles. The molecule has 3 nitrogen and oxygen atoms in total. The van der Waals surface area contributed by atoms with Gasteiger partial charge in [-0.05, 0) is 63.1 Å². The molecule has 4 heteroatoms. The van der Waals surface area contributed by atoms with Gasteiger partial charge in [0.25, 0.3) is 5.88 Å². The van der Waals surface area contributed by atoms with E-state index in [1.165, 1.54) is 0 Å². The van der Waals surface area contributed by atoms with Crippen LogP contribution >= 0.6 is 15.9 Å². The Hall–Kier alpha value is -1.55. The minimum absolute atomic E-state index is 0.0786. The molecule has 0 bridgehead atoms. The van der Waals surface area contributed by atoms with Crippen molar-refractivity contribution >= 4 is 15.9 Å². The van der Waals surface area contributed by atoms with E-state index in [0.29, 0.717) is 11.6 Å². The quantitative estimate of drug-likeness (QED) is 0.784. The molecule has 0 aliphatic carbocycles. The van der Waals surface area contributed by atoms with Gasteiger partial charge in [0.1, 0.15) is 5.75 Å². The first-order valence-corrected chi connectivity index (χ1v) is 7.33. The van der Waals surface area contributed by atoms with Gasteiger partial charge in [0.2, 0.25) is 0 Å². The average molecular weight is 336 g/mol. The summed E-state index contributed by atoms with van der Waals surface area (Å²) in [6.07, 6.45) is 1.77. The summed E-state index contributed by atoms with van der Waals surface area (Å²) in [4.78, 5) is 4.25. The number of aromatic nitrogens is 1. The number of benzene rings is 1. The van der Waals surface area contributed by atoms with Crippen LogP contribution in [0.3, 0.4) is 0 Å². The van der Waals surface area contributed by atoms with Gasteiger partial charge in [0, 0.05) is 10.7 Å². The maximum atomic E-state index is 5.87. The number of pyridine rings is 1. The topological polar surface area (TPSA) is 31.4 Å². The highest BCUT2D eigenvalue weighted by Gasteiger charge is 2.10. The first kappa shape index (κ1) is 14.9. The summed E-state index contributed by atoms with van der Waals surface area (Å²) in [6, 6.07) is 7.65. The van der Waals surface area contributed by atoms with Gasteiger partial charge >= 0.3 is 0 Å². The fourth-order valence-electron chi connectivity index (χ4n) is 1.87. The van der Waals surface area contributed by atoms with E-state index in [2.05, 4.69) is 20.9 Å². The number of aryl methyl sites for hydroxylation is 2. The minimum Gasteiger partial charge on any atom is -0.485 e. The molecule has 0 fully saturated rings. The fourth-order valence-corrected chi connectivity index (χ4v) is 2.10. The van der Waals surface area contributed by atoms with Crippen LogP contribution in [-0.2, 0) is 0 Å². The highest BCUT2D eigenvalue weighted by molar-refractivity contribution is 9.10. The number of halogens is 1. The summed E-state index contributed by atoms with van der Waals surface area (Å²) in [7, 11) is 0. The normalized spacial score (nSPS) is 10.7. The van der Waals surface area contributed by atoms with E-state index >= 15 is 0 Å². The Bertz CT molecular complexity index is 588. The predicted molar refractivity (Wildman–Crippen MR) is 83.7 cm³/mol. The summed E-state index contributed by atoms with van der Waals surface area (Å²) < 4.78 is 12.7. The zero-order valence-corrected chi connectivity index (χ0v) is 13.7. The summed E-state index contributed by atoms with van der Waals surface area (Å²) in [6.45, 7) is 8.02. The molecule has 0 unspecified atom stereocenters. The lowest BCUT2D eigenvalue weighted by Gasteiger charge is -2.14. The van der Waals surface area contributed by atoms with Gasteiger partial charge < -0.3 is 9.47 Å². The molecule has 0 saturated heterocycles. The summed E-state index contributed by atoms with van der Waals surface area (Å²) in [5.74, 6) is 1.90. The van der Waals surface area contributed by atoms with Crippen LogP contribution in [0.2, 0.25) is 0 Å². The molecular weight excluding hydrogens is 318 g/mol. The summed E-state index contributed by atoms with van der Waals surface area (Å²) >= 11 is 3.55. The van der Waals surface area contributed by atoms with Gasteiger partial charge in [-0.1, -0.05) is 15.9 Å². The molecular formula is C16H18BrNO2. The molecule has 1 aromatic carbocycles. The third kappa shape index (κ3) is 3.51. The zero-order chi connectivity index (χ0) is 14.7. The maximum absolute atomic E-state index is 5.87. The second-order valence-corrected chi connectivity index (χ2v) is 5.74. The number of nitrogens with zero attached hydrogens (tertiary/aromatic N) is 1. The first-order valence-electron chi connectivity index (χ1n) is 6.53. The lowest BCUT2D eigenvalue weighted by molar-refractivity contribution is 0.231. The van der Waals surface area contributed by atoms with Crippen LogP contribution in [0.4, 0.5) is 0 Å². The Morgan fingerprint density at radius 3 is 2.40 bits per heavy atom. The van der Waals surface area contributed by atoms with Crippen LogP contribution in [0.25, 0.3) is 0 Å². The zero-order valence-electron chi connectivity index (χ0n) is 12.1. The third-order valence-electron chi connectivity index (χ3n) is 2.72. The van der Waals surface area contributed by atoms with E-state index in [0.717, 1.165) is 21.3 Å². The molecule has 0 N–H and O–H groups in total. The fraction of sp³-hybridized carbons (Fsp3) is 0.312. The molecule has 0 radical (unpaired) electrons. The molecule has 2 aromatic rings. The Kier molecular flexibility index (Phi) is 4.65. The van der Waals surface area contributed by atoms with E-state index < -0.39 is 0 Å². The number of hydrogen-bond donors (Lipinski definition) is 0. The molecule has 0 aliphatic rings. The molecule has 2 rings (SSSR count). The Labute approximate surface area is 128 Å². The van der Waals surface area contributed by atoms with E-state index in [-0.39, 0.29) is 6.10 Å². The van der Waals surface area contributed by atoms with E-state index in [4.69, 9.17) is 9.47 Å². The molecule has 0 atom stereocenters. The van der Waals surface area contributed by atoms with E-state index in [1.807, 2.05) is 52.0 Å². The number of ether oxygens (including phenoxy) is 2. The minimum atomic E-state index is 0.0786. The van der Waals surface area contributed by atoms with E-state index in [9.17, 15) is 0 Å². The number of rotatable bonds is 4. The SMILES string of the molecule is Cc1cc(Oc2ncccc2OC(C)C)cc(C)c1Br. The van der Waals surface area contributed by atoms with Crippen molar-refractivity contribution in [1.82, 2.24) is 4.98 Å². The van der Waals surface area contributed by atoms with Crippen LogP contribution in [0, 0.1) is 13.8 Å². The van der Waals surface area contributed by atoms with Gasteiger partial charge in [-0.2, -0.15) is 0 Å². The molecule has 20 heavy (non-hydrogen) atoms. The second kappa shape index (κ2) is 6.27. The standard InChI is InChI=1S/C16H18BrNO2/c1-10(2)19-14-6-5-7-18-16(14)20-13-8-11(3)15(17)12(4)9-13/h5-10H,1-4H3. The monoisotopic (exact) mass is 335 g/mol. The van der Waals surface area contributed by atoms with Crippen molar-refractivity contribution in [1.29, 1.82) is 0 Å². The largest absolute Gasteiger partial charge is 0.485 e. The highest BCUT2D eigenvalue weighted by atomic mass is 79.9. The number of hydrogen-bond acceptors (Lipinski definition) is 3. The van der Waals surface area contributed by atoms with E-state index in [1.54, 1.807) is 6.20 Å². The first-order chi connectivity index (χ1) is 9.47. The lowest BCUT2D eigenvalue weighted by atomic mass is 10.1. The predicted octanol–water partition coefficient (Wildman–Crippen LogP) is 5.04. The van der Waals surface area contributed by atoms with Crippen molar-refractivity contribution in [3.63, 3.8) is 0 Å². The lowest BCUT2D eigenvalue weighted by Crippen LogP contribution is -2.07. The molecule has 0 amide bonds. The van der Waals surface area contributed by atoms with Crippen molar-refractivity contribution in [3.8, 4) is 17.4 Å². The van der Waals surface area contributed by atoms with Crippen molar-refractivity contribution in [2.45, 2.75) is 33.8 Å². The smallest absolute Gasteiger partial charge is 0.262 e. The Morgan fingerprint density at radius 2 is 1.80 bits per heavy atom. The van der Waals surface area contributed by atoms with Gasteiger partial charge in [-0.25, -0.2) is 4.98 Å². The summed E-state index contributed by atoms with van der Waals surface area (Å²) in [5.41, 5.74) is 2.25. The second-order valence-electron chi connectivity index (χ2n) is 4.95. The van der Waals surface area contributed by atoms with Crippen LogP contribution in [0.1, 0.15) is 25.0 Å². The average Bonchev–Trinajstić information content (AvgIpc) is 2.37.